The fraction of sp³-hybridized carbons (Fsp3) is 0.240. The van der Waals surface area contributed by atoms with Gasteiger partial charge in [0.05, 0.1) is 10.9 Å². The largest absolute Gasteiger partial charge is 0.350 e. The molecule has 3 aromatic carbocycles. The van der Waals surface area contributed by atoms with Gasteiger partial charge in [-0.05, 0) is 87.1 Å². The summed E-state index contributed by atoms with van der Waals surface area (Å²) in [5.41, 5.74) is 3.01. The van der Waals surface area contributed by atoms with Gasteiger partial charge in [-0.3, -0.25) is 9.52 Å². The summed E-state index contributed by atoms with van der Waals surface area (Å²) in [5, 5.41) is 2.86. The van der Waals surface area contributed by atoms with Crippen molar-refractivity contribution in [2.45, 2.75) is 24.8 Å². The number of benzene rings is 3. The molecular formula is C25H28FN3O3S. The molecule has 3 rings (SSSR count). The summed E-state index contributed by atoms with van der Waals surface area (Å²) >= 11 is 0. The molecule has 0 radical (unpaired) electrons. The fourth-order valence-electron chi connectivity index (χ4n) is 3.50. The molecule has 2 N–H and O–H groups in total. The summed E-state index contributed by atoms with van der Waals surface area (Å²) in [7, 11) is -0.0321. The highest BCUT2D eigenvalue weighted by Gasteiger charge is 2.19. The van der Waals surface area contributed by atoms with Crippen LogP contribution in [-0.2, 0) is 10.0 Å². The van der Waals surface area contributed by atoms with E-state index in [9.17, 15) is 17.6 Å². The van der Waals surface area contributed by atoms with E-state index in [1.807, 2.05) is 38.1 Å². The smallest absolute Gasteiger partial charge is 0.262 e. The number of halogens is 1. The molecule has 0 aliphatic heterocycles. The molecule has 1 amide bonds. The van der Waals surface area contributed by atoms with Gasteiger partial charge in [0.2, 0.25) is 0 Å². The summed E-state index contributed by atoms with van der Waals surface area (Å²) in [6.45, 7) is 3.86. The topological polar surface area (TPSA) is 78.5 Å². The van der Waals surface area contributed by atoms with Gasteiger partial charge in [0, 0.05) is 17.8 Å². The number of likely N-dealkylation sites (N-methyl/N-ethyl adjacent to an activating group) is 1. The molecule has 0 unspecified atom stereocenters. The van der Waals surface area contributed by atoms with Crippen LogP contribution < -0.4 is 10.0 Å². The summed E-state index contributed by atoms with van der Waals surface area (Å²) in [5.74, 6) is -0.633. The minimum Gasteiger partial charge on any atom is -0.350 e. The summed E-state index contributed by atoms with van der Waals surface area (Å²) in [4.78, 5) is 14.7. The number of nitrogens with one attached hydrogen (secondary N) is 2. The van der Waals surface area contributed by atoms with E-state index < -0.39 is 10.0 Å². The molecule has 0 saturated heterocycles. The maximum atomic E-state index is 13.6. The average Bonchev–Trinajstić information content (AvgIpc) is 2.75. The van der Waals surface area contributed by atoms with Gasteiger partial charge < -0.3 is 10.2 Å². The van der Waals surface area contributed by atoms with Gasteiger partial charge in [-0.2, -0.15) is 0 Å². The summed E-state index contributed by atoms with van der Waals surface area (Å²) in [6, 6.07) is 17.6. The summed E-state index contributed by atoms with van der Waals surface area (Å²) < 4.78 is 41.7. The van der Waals surface area contributed by atoms with Crippen molar-refractivity contribution in [3.8, 4) is 0 Å². The minimum absolute atomic E-state index is 0.201. The van der Waals surface area contributed by atoms with Crippen molar-refractivity contribution < 1.29 is 17.6 Å². The van der Waals surface area contributed by atoms with E-state index in [0.29, 0.717) is 16.8 Å². The number of hydrogen-bond acceptors (Lipinski definition) is 4. The number of rotatable bonds is 8. The fourth-order valence-corrected chi connectivity index (χ4v) is 4.89. The molecule has 8 heteroatoms. The van der Waals surface area contributed by atoms with Crippen LogP contribution in [0.25, 0.3) is 0 Å². The second-order valence-electron chi connectivity index (χ2n) is 8.20. The molecule has 0 aliphatic rings. The Morgan fingerprint density at radius 1 is 1.00 bits per heavy atom. The van der Waals surface area contributed by atoms with E-state index in [2.05, 4.69) is 10.0 Å². The first kappa shape index (κ1) is 24.4. The van der Waals surface area contributed by atoms with Gasteiger partial charge >= 0.3 is 0 Å². The lowest BCUT2D eigenvalue weighted by molar-refractivity contribution is 0.0942. The maximum Gasteiger partial charge on any atom is 0.262 e. The van der Waals surface area contributed by atoms with Gasteiger partial charge in [0.1, 0.15) is 5.82 Å². The number of carbonyl (C=O) groups excluding carboxylic acids is 1. The van der Waals surface area contributed by atoms with Crippen molar-refractivity contribution in [2.75, 3.05) is 25.4 Å². The first-order valence-electron chi connectivity index (χ1n) is 10.5. The van der Waals surface area contributed by atoms with Crippen molar-refractivity contribution in [2.24, 2.45) is 0 Å². The quantitative estimate of drug-likeness (QED) is 0.516. The second-order valence-corrected chi connectivity index (χ2v) is 9.85. The maximum absolute atomic E-state index is 13.6. The number of anilines is 1. The number of hydrogen-bond donors (Lipinski definition) is 2. The lowest BCUT2D eigenvalue weighted by atomic mass is 10.1. The molecule has 0 saturated carbocycles. The highest BCUT2D eigenvalue weighted by molar-refractivity contribution is 7.92. The van der Waals surface area contributed by atoms with Gasteiger partial charge in [-0.1, -0.05) is 24.3 Å². The Labute approximate surface area is 194 Å². The van der Waals surface area contributed by atoms with Crippen LogP contribution in [0.5, 0.6) is 0 Å². The van der Waals surface area contributed by atoms with Crippen LogP contribution in [0.4, 0.5) is 10.1 Å². The van der Waals surface area contributed by atoms with E-state index in [1.54, 1.807) is 49.4 Å². The zero-order valence-corrected chi connectivity index (χ0v) is 19.9. The molecule has 6 nitrogen and oxygen atoms in total. The molecule has 0 aromatic heterocycles. The molecule has 0 aliphatic carbocycles. The van der Waals surface area contributed by atoms with Crippen molar-refractivity contribution in [1.82, 2.24) is 10.2 Å². The second kappa shape index (κ2) is 10.1. The lowest BCUT2D eigenvalue weighted by Crippen LogP contribution is -2.34. The van der Waals surface area contributed by atoms with Gasteiger partial charge in [-0.25, -0.2) is 12.8 Å². The SMILES string of the molecule is Cc1ccc(C)c(S(=O)(=O)Nc2ccc(C(=O)NC[C@H](c3cccc(F)c3)N(C)C)cc2)c1. The monoisotopic (exact) mass is 469 g/mol. The highest BCUT2D eigenvalue weighted by atomic mass is 32.2. The van der Waals surface area contributed by atoms with Crippen molar-refractivity contribution in [1.29, 1.82) is 0 Å². The van der Waals surface area contributed by atoms with E-state index in [0.717, 1.165) is 11.1 Å². The predicted molar refractivity (Wildman–Crippen MR) is 128 cm³/mol. The van der Waals surface area contributed by atoms with E-state index in [1.165, 1.54) is 12.1 Å². The zero-order valence-electron chi connectivity index (χ0n) is 19.1. The number of amides is 1. The Hall–Kier alpha value is -3.23. The Kier molecular flexibility index (Phi) is 7.50. The van der Waals surface area contributed by atoms with Crippen molar-refractivity contribution in [3.05, 3.63) is 94.8 Å². The van der Waals surface area contributed by atoms with Crippen LogP contribution in [0.1, 0.15) is 33.1 Å². The van der Waals surface area contributed by atoms with Gasteiger partial charge in [0.15, 0.2) is 0 Å². The van der Waals surface area contributed by atoms with Crippen molar-refractivity contribution in [3.63, 3.8) is 0 Å². The molecule has 174 valence electrons. The van der Waals surface area contributed by atoms with Crippen LogP contribution in [0.3, 0.4) is 0 Å². The van der Waals surface area contributed by atoms with Gasteiger partial charge in [-0.15, -0.1) is 0 Å². The lowest BCUT2D eigenvalue weighted by Gasteiger charge is -2.25. The normalized spacial score (nSPS) is 12.4. The number of sulfonamides is 1. The third kappa shape index (κ3) is 6.18. The van der Waals surface area contributed by atoms with Crippen LogP contribution in [0.15, 0.2) is 71.6 Å². The highest BCUT2D eigenvalue weighted by Crippen LogP contribution is 2.22. The first-order chi connectivity index (χ1) is 15.6. The van der Waals surface area contributed by atoms with Crippen LogP contribution in [0.2, 0.25) is 0 Å². The van der Waals surface area contributed by atoms with Crippen molar-refractivity contribution >= 4 is 21.6 Å². The summed E-state index contributed by atoms with van der Waals surface area (Å²) in [6.07, 6.45) is 0. The van der Waals surface area contributed by atoms with E-state index >= 15 is 0 Å². The molecule has 0 heterocycles. The molecule has 33 heavy (non-hydrogen) atoms. The average molecular weight is 470 g/mol. The first-order valence-corrected chi connectivity index (χ1v) is 12.0. The molecule has 0 fully saturated rings. The molecule has 1 atom stereocenters. The van der Waals surface area contributed by atoms with Crippen LogP contribution in [-0.4, -0.2) is 39.9 Å². The van der Waals surface area contributed by atoms with Crippen LogP contribution in [0, 0.1) is 19.7 Å². The third-order valence-corrected chi connectivity index (χ3v) is 6.87. The Morgan fingerprint density at radius 2 is 1.70 bits per heavy atom. The van der Waals surface area contributed by atoms with Crippen LogP contribution >= 0.6 is 0 Å². The number of aryl methyl sites for hydroxylation is 2. The predicted octanol–water partition coefficient (Wildman–Crippen LogP) is 4.28. The molecular weight excluding hydrogens is 441 g/mol. The Balaban J connectivity index is 1.68. The third-order valence-electron chi connectivity index (χ3n) is 5.35. The van der Waals surface area contributed by atoms with E-state index in [-0.39, 0.29) is 29.2 Å². The molecule has 3 aromatic rings. The molecule has 0 spiro atoms. The Bertz CT molecular complexity index is 1240. The van der Waals surface area contributed by atoms with Gasteiger partial charge in [0.25, 0.3) is 15.9 Å². The minimum atomic E-state index is -3.75. The standard InChI is InChI=1S/C25H28FN3O3S/c1-17-8-9-18(2)24(14-17)33(31,32)28-22-12-10-19(11-13-22)25(30)27-16-23(29(3)4)20-6-5-7-21(26)15-20/h5-15,23,28H,16H2,1-4H3,(H,27,30)/t23-/m1/s1. The zero-order chi connectivity index (χ0) is 24.2. The number of nitrogens with zero attached hydrogens (tertiary/aromatic N) is 1. The van der Waals surface area contributed by atoms with E-state index in [4.69, 9.17) is 0 Å². The molecule has 0 bridgehead atoms. The Morgan fingerprint density at radius 3 is 2.33 bits per heavy atom. The number of carbonyl (C=O) groups is 1.